The third-order valence-electron chi connectivity index (χ3n) is 1.31. The zero-order valence-electron chi connectivity index (χ0n) is 6.38. The van der Waals surface area contributed by atoms with Gasteiger partial charge in [0.2, 0.25) is 0 Å². The summed E-state index contributed by atoms with van der Waals surface area (Å²) in [4.78, 5) is 10.8. The van der Waals surface area contributed by atoms with Crippen molar-refractivity contribution < 1.29 is 13.6 Å². The summed E-state index contributed by atoms with van der Waals surface area (Å²) in [7, 11) is 0. The number of nitrogen functional groups attached to an aromatic ring is 1. The van der Waals surface area contributed by atoms with Crippen LogP contribution in [0.1, 0.15) is 10.4 Å². The molecule has 0 bridgehead atoms. The summed E-state index contributed by atoms with van der Waals surface area (Å²) in [6, 6.07) is 2.78. The molecular formula is C7H7ClF2N2O. The SMILES string of the molecule is Cl.NNC(=O)c1ccc(F)c(F)c1. The lowest BCUT2D eigenvalue weighted by Gasteiger charge is -1.98. The zero-order chi connectivity index (χ0) is 9.14. The van der Waals surface area contributed by atoms with Gasteiger partial charge in [-0.05, 0) is 18.2 Å². The normalized spacial score (nSPS) is 8.85. The molecule has 0 saturated heterocycles. The van der Waals surface area contributed by atoms with Gasteiger partial charge in [0.05, 0.1) is 0 Å². The van der Waals surface area contributed by atoms with Crippen molar-refractivity contribution in [2.45, 2.75) is 0 Å². The summed E-state index contributed by atoms with van der Waals surface area (Å²) >= 11 is 0. The van der Waals surface area contributed by atoms with Gasteiger partial charge in [0.15, 0.2) is 11.6 Å². The molecule has 0 heterocycles. The molecule has 0 spiro atoms. The van der Waals surface area contributed by atoms with Crippen LogP contribution in [0.5, 0.6) is 0 Å². The second-order valence-electron chi connectivity index (χ2n) is 2.10. The first-order valence-corrected chi connectivity index (χ1v) is 3.11. The van der Waals surface area contributed by atoms with Crippen LogP contribution in [0.4, 0.5) is 8.78 Å². The van der Waals surface area contributed by atoms with Gasteiger partial charge in [-0.25, -0.2) is 14.6 Å². The Morgan fingerprint density at radius 3 is 2.38 bits per heavy atom. The standard InChI is InChI=1S/C7H6F2N2O.ClH/c8-5-2-1-4(3-6(5)9)7(12)11-10;/h1-3H,10H2,(H,11,12);1H. The van der Waals surface area contributed by atoms with Crippen molar-refractivity contribution in [1.29, 1.82) is 0 Å². The average Bonchev–Trinajstić information content (AvgIpc) is 2.08. The Bertz CT molecular complexity index is 319. The van der Waals surface area contributed by atoms with Gasteiger partial charge in [-0.1, -0.05) is 0 Å². The van der Waals surface area contributed by atoms with Crippen LogP contribution in [0.25, 0.3) is 0 Å². The molecule has 0 radical (unpaired) electrons. The summed E-state index contributed by atoms with van der Waals surface area (Å²) in [6.07, 6.45) is 0. The lowest BCUT2D eigenvalue weighted by atomic mass is 10.2. The molecule has 6 heteroatoms. The van der Waals surface area contributed by atoms with E-state index < -0.39 is 17.5 Å². The van der Waals surface area contributed by atoms with Crippen molar-refractivity contribution in [3.63, 3.8) is 0 Å². The van der Waals surface area contributed by atoms with Gasteiger partial charge in [-0.15, -0.1) is 12.4 Å². The second-order valence-corrected chi connectivity index (χ2v) is 2.10. The van der Waals surface area contributed by atoms with E-state index in [0.29, 0.717) is 0 Å². The van der Waals surface area contributed by atoms with E-state index in [1.807, 2.05) is 0 Å². The molecular weight excluding hydrogens is 202 g/mol. The van der Waals surface area contributed by atoms with Crippen molar-refractivity contribution >= 4 is 18.3 Å². The number of carbonyl (C=O) groups excluding carboxylic acids is 1. The Balaban J connectivity index is 0.00000144. The zero-order valence-corrected chi connectivity index (χ0v) is 7.20. The fourth-order valence-electron chi connectivity index (χ4n) is 0.721. The molecule has 13 heavy (non-hydrogen) atoms. The van der Waals surface area contributed by atoms with E-state index in [-0.39, 0.29) is 18.0 Å². The van der Waals surface area contributed by atoms with Crippen LogP contribution in [0, 0.1) is 11.6 Å². The van der Waals surface area contributed by atoms with Gasteiger partial charge in [-0.3, -0.25) is 10.2 Å². The Kier molecular flexibility index (Phi) is 4.30. The number of nitrogens with two attached hydrogens (primary N) is 1. The molecule has 1 aromatic rings. The average molecular weight is 209 g/mol. The van der Waals surface area contributed by atoms with Crippen LogP contribution in [-0.2, 0) is 0 Å². The molecule has 1 rings (SSSR count). The fraction of sp³-hybridized carbons (Fsp3) is 0. The van der Waals surface area contributed by atoms with Crippen LogP contribution in [0.2, 0.25) is 0 Å². The molecule has 0 fully saturated rings. The number of hydrogen-bond acceptors (Lipinski definition) is 2. The van der Waals surface area contributed by atoms with Crippen molar-refractivity contribution in [2.24, 2.45) is 5.84 Å². The van der Waals surface area contributed by atoms with E-state index in [0.717, 1.165) is 18.2 Å². The highest BCUT2D eigenvalue weighted by Crippen LogP contribution is 2.07. The van der Waals surface area contributed by atoms with Gasteiger partial charge in [0, 0.05) is 5.56 Å². The predicted octanol–water partition coefficient (Wildman–Crippen LogP) is 0.990. The fourth-order valence-corrected chi connectivity index (χ4v) is 0.721. The quantitative estimate of drug-likeness (QED) is 0.411. The van der Waals surface area contributed by atoms with E-state index in [4.69, 9.17) is 5.84 Å². The first kappa shape index (κ1) is 11.8. The Hall–Kier alpha value is -1.20. The summed E-state index contributed by atoms with van der Waals surface area (Å²) in [5, 5.41) is 0. The maximum absolute atomic E-state index is 12.5. The Labute approximate surface area is 79.3 Å². The summed E-state index contributed by atoms with van der Waals surface area (Å²) in [5.41, 5.74) is 1.78. The second kappa shape index (κ2) is 4.74. The first-order chi connectivity index (χ1) is 5.65. The molecule has 3 nitrogen and oxygen atoms in total. The van der Waals surface area contributed by atoms with E-state index in [1.54, 1.807) is 5.43 Å². The number of amides is 1. The van der Waals surface area contributed by atoms with Crippen LogP contribution >= 0.6 is 12.4 Å². The molecule has 72 valence electrons. The third kappa shape index (κ3) is 2.64. The minimum atomic E-state index is -1.07. The summed E-state index contributed by atoms with van der Waals surface area (Å²) < 4.78 is 24.8. The topological polar surface area (TPSA) is 55.1 Å². The Morgan fingerprint density at radius 2 is 1.92 bits per heavy atom. The molecule has 0 atom stereocenters. The van der Waals surface area contributed by atoms with E-state index in [2.05, 4.69) is 0 Å². The Morgan fingerprint density at radius 1 is 1.31 bits per heavy atom. The number of nitrogens with one attached hydrogen (secondary N) is 1. The molecule has 3 N–H and O–H groups in total. The number of rotatable bonds is 1. The number of hydrogen-bond donors (Lipinski definition) is 2. The smallest absolute Gasteiger partial charge is 0.265 e. The van der Waals surface area contributed by atoms with Crippen molar-refractivity contribution in [3.8, 4) is 0 Å². The third-order valence-corrected chi connectivity index (χ3v) is 1.31. The predicted molar refractivity (Wildman–Crippen MR) is 45.3 cm³/mol. The molecule has 0 aliphatic rings. The van der Waals surface area contributed by atoms with Gasteiger partial charge in [-0.2, -0.15) is 0 Å². The van der Waals surface area contributed by atoms with Crippen LogP contribution < -0.4 is 11.3 Å². The summed E-state index contributed by atoms with van der Waals surface area (Å²) in [5.74, 6) is 2.05. The highest BCUT2D eigenvalue weighted by atomic mass is 35.5. The summed E-state index contributed by atoms with van der Waals surface area (Å²) in [6.45, 7) is 0. The van der Waals surface area contributed by atoms with E-state index in [9.17, 15) is 13.6 Å². The maximum Gasteiger partial charge on any atom is 0.265 e. The molecule has 0 unspecified atom stereocenters. The van der Waals surface area contributed by atoms with Crippen LogP contribution in [-0.4, -0.2) is 5.91 Å². The molecule has 0 aliphatic heterocycles. The molecule has 1 aromatic carbocycles. The van der Waals surface area contributed by atoms with E-state index in [1.165, 1.54) is 0 Å². The number of benzene rings is 1. The molecule has 1 amide bonds. The van der Waals surface area contributed by atoms with Crippen molar-refractivity contribution in [1.82, 2.24) is 5.43 Å². The highest BCUT2D eigenvalue weighted by Gasteiger charge is 2.07. The number of carbonyl (C=O) groups is 1. The van der Waals surface area contributed by atoms with Crippen LogP contribution in [0.15, 0.2) is 18.2 Å². The molecule has 0 aromatic heterocycles. The number of hydrazine groups is 1. The monoisotopic (exact) mass is 208 g/mol. The first-order valence-electron chi connectivity index (χ1n) is 3.11. The maximum atomic E-state index is 12.5. The highest BCUT2D eigenvalue weighted by molar-refractivity contribution is 5.93. The minimum absolute atomic E-state index is 0. The van der Waals surface area contributed by atoms with Crippen molar-refractivity contribution in [2.75, 3.05) is 0 Å². The van der Waals surface area contributed by atoms with Gasteiger partial charge >= 0.3 is 0 Å². The molecule has 0 saturated carbocycles. The minimum Gasteiger partial charge on any atom is -0.290 e. The largest absolute Gasteiger partial charge is 0.290 e. The number of halogens is 3. The lowest BCUT2D eigenvalue weighted by Crippen LogP contribution is -2.30. The van der Waals surface area contributed by atoms with Gasteiger partial charge in [0.1, 0.15) is 0 Å². The van der Waals surface area contributed by atoms with Crippen LogP contribution in [0.3, 0.4) is 0 Å². The van der Waals surface area contributed by atoms with Gasteiger partial charge in [0.25, 0.3) is 5.91 Å². The lowest BCUT2D eigenvalue weighted by molar-refractivity contribution is 0.0953. The van der Waals surface area contributed by atoms with Crippen molar-refractivity contribution in [3.05, 3.63) is 35.4 Å². The molecule has 0 aliphatic carbocycles. The van der Waals surface area contributed by atoms with E-state index >= 15 is 0 Å². The van der Waals surface area contributed by atoms with Gasteiger partial charge < -0.3 is 0 Å².